The summed E-state index contributed by atoms with van der Waals surface area (Å²) in [7, 11) is 0. The van der Waals surface area contributed by atoms with Crippen LogP contribution in [0.25, 0.3) is 0 Å². The highest BCUT2D eigenvalue weighted by Gasteiger charge is 2.46. The molecule has 120 valence electrons. The van der Waals surface area contributed by atoms with Gasteiger partial charge in [0.25, 0.3) is 11.8 Å². The molecule has 1 saturated heterocycles. The number of carbonyl (C=O) groups excluding carboxylic acids is 4. The van der Waals surface area contributed by atoms with Crippen LogP contribution < -0.4 is 27.9 Å². The van der Waals surface area contributed by atoms with Crippen molar-refractivity contribution in [2.24, 2.45) is 11.7 Å². The molecule has 2 heterocycles. The SMILES string of the molecule is NNc1ccc(NN)c2c1C(=O)N(C1CCC(=O)NC1=O)C2=O. The minimum absolute atomic E-state index is 0.0395. The number of hydrogen-bond donors (Lipinski definition) is 5. The smallest absolute Gasteiger partial charge is 0.264 e. The molecular weight excluding hydrogens is 304 g/mol. The minimum Gasteiger partial charge on any atom is -0.323 e. The molecule has 3 rings (SSSR count). The lowest BCUT2D eigenvalue weighted by molar-refractivity contribution is -0.136. The Kier molecular flexibility index (Phi) is 3.47. The maximum absolute atomic E-state index is 12.7. The number of imide groups is 2. The second-order valence-corrected chi connectivity index (χ2v) is 5.15. The average Bonchev–Trinajstić information content (AvgIpc) is 2.79. The molecule has 7 N–H and O–H groups in total. The molecule has 1 fully saturated rings. The first kappa shape index (κ1) is 14.9. The number of anilines is 2. The monoisotopic (exact) mass is 318 g/mol. The third-order valence-corrected chi connectivity index (χ3v) is 3.90. The topological polar surface area (TPSA) is 160 Å². The van der Waals surface area contributed by atoms with E-state index in [1.807, 2.05) is 0 Å². The van der Waals surface area contributed by atoms with Crippen molar-refractivity contribution in [3.8, 4) is 0 Å². The molecular formula is C13H14N6O4. The number of benzene rings is 1. The van der Waals surface area contributed by atoms with Crippen molar-refractivity contribution in [2.45, 2.75) is 18.9 Å². The predicted octanol–water partition coefficient (Wildman–Crippen LogP) is -1.34. The normalized spacial score (nSPS) is 20.4. The Balaban J connectivity index is 2.07. The summed E-state index contributed by atoms with van der Waals surface area (Å²) >= 11 is 0. The van der Waals surface area contributed by atoms with Crippen molar-refractivity contribution in [3.05, 3.63) is 23.3 Å². The lowest BCUT2D eigenvalue weighted by Gasteiger charge is -2.27. The Morgan fingerprint density at radius 1 is 1.00 bits per heavy atom. The molecule has 1 aromatic carbocycles. The fourth-order valence-electron chi connectivity index (χ4n) is 2.83. The van der Waals surface area contributed by atoms with Gasteiger partial charge in [-0.1, -0.05) is 0 Å². The first-order valence-electron chi connectivity index (χ1n) is 6.81. The first-order chi connectivity index (χ1) is 11.0. The summed E-state index contributed by atoms with van der Waals surface area (Å²) in [5, 5.41) is 2.13. The molecule has 0 aromatic heterocycles. The van der Waals surface area contributed by atoms with Crippen molar-refractivity contribution in [3.63, 3.8) is 0 Å². The van der Waals surface area contributed by atoms with Crippen LogP contribution in [0.3, 0.4) is 0 Å². The molecule has 2 aliphatic heterocycles. The third kappa shape index (κ3) is 2.12. The summed E-state index contributed by atoms with van der Waals surface area (Å²) in [6.45, 7) is 0. The van der Waals surface area contributed by atoms with Crippen molar-refractivity contribution >= 4 is 35.0 Å². The maximum Gasteiger partial charge on any atom is 0.264 e. The van der Waals surface area contributed by atoms with Crippen LogP contribution in [0.2, 0.25) is 0 Å². The van der Waals surface area contributed by atoms with Crippen molar-refractivity contribution in [2.75, 3.05) is 10.9 Å². The molecule has 4 amide bonds. The highest BCUT2D eigenvalue weighted by Crippen LogP contribution is 2.36. The van der Waals surface area contributed by atoms with Gasteiger partial charge in [-0.05, 0) is 18.6 Å². The molecule has 0 radical (unpaired) electrons. The Labute approximate surface area is 130 Å². The Morgan fingerprint density at radius 3 is 1.96 bits per heavy atom. The Bertz CT molecular complexity index is 703. The minimum atomic E-state index is -1.05. The summed E-state index contributed by atoms with van der Waals surface area (Å²) in [6.07, 6.45) is 0.126. The van der Waals surface area contributed by atoms with Crippen LogP contribution in [-0.4, -0.2) is 34.6 Å². The summed E-state index contributed by atoms with van der Waals surface area (Å²) < 4.78 is 0. The quantitative estimate of drug-likeness (QED) is 0.260. The van der Waals surface area contributed by atoms with Crippen LogP contribution in [-0.2, 0) is 9.59 Å². The summed E-state index contributed by atoms with van der Waals surface area (Å²) in [5.74, 6) is 8.33. The molecule has 10 nitrogen and oxygen atoms in total. The van der Waals surface area contributed by atoms with E-state index in [4.69, 9.17) is 11.7 Å². The highest BCUT2D eigenvalue weighted by molar-refractivity contribution is 6.27. The number of carbonyl (C=O) groups is 4. The molecule has 2 aliphatic rings. The number of nitrogen functional groups attached to an aromatic ring is 2. The van der Waals surface area contributed by atoms with Crippen LogP contribution >= 0.6 is 0 Å². The fraction of sp³-hybridized carbons (Fsp3) is 0.231. The second-order valence-electron chi connectivity index (χ2n) is 5.15. The van der Waals surface area contributed by atoms with Crippen molar-refractivity contribution in [1.29, 1.82) is 0 Å². The number of fused-ring (bicyclic) bond motifs is 1. The van der Waals surface area contributed by atoms with Crippen molar-refractivity contribution < 1.29 is 19.2 Å². The van der Waals surface area contributed by atoms with E-state index in [1.54, 1.807) is 0 Å². The van der Waals surface area contributed by atoms with Gasteiger partial charge in [0.05, 0.1) is 22.5 Å². The van der Waals surface area contributed by atoms with Gasteiger partial charge in [-0.15, -0.1) is 0 Å². The molecule has 0 bridgehead atoms. The average molecular weight is 318 g/mol. The molecule has 10 heteroatoms. The van der Waals surface area contributed by atoms with E-state index in [1.165, 1.54) is 12.1 Å². The number of amides is 4. The number of nitrogens with one attached hydrogen (secondary N) is 3. The number of nitrogens with two attached hydrogens (primary N) is 2. The number of hydrogen-bond acceptors (Lipinski definition) is 8. The number of rotatable bonds is 3. The lowest BCUT2D eigenvalue weighted by atomic mass is 10.0. The second kappa shape index (κ2) is 5.34. The molecule has 0 spiro atoms. The molecule has 1 unspecified atom stereocenters. The van der Waals surface area contributed by atoms with Crippen LogP contribution in [0.15, 0.2) is 12.1 Å². The van der Waals surface area contributed by atoms with Crippen molar-refractivity contribution in [1.82, 2.24) is 10.2 Å². The van der Waals surface area contributed by atoms with E-state index in [2.05, 4.69) is 16.2 Å². The predicted molar refractivity (Wildman–Crippen MR) is 78.7 cm³/mol. The van der Waals surface area contributed by atoms with Crippen LogP contribution in [0.1, 0.15) is 33.6 Å². The van der Waals surface area contributed by atoms with Gasteiger partial charge in [-0.25, -0.2) is 0 Å². The van der Waals surface area contributed by atoms with E-state index in [0.717, 1.165) is 4.90 Å². The zero-order valence-electron chi connectivity index (χ0n) is 11.9. The van der Waals surface area contributed by atoms with E-state index in [-0.39, 0.29) is 35.3 Å². The first-order valence-corrected chi connectivity index (χ1v) is 6.81. The Hall–Kier alpha value is -2.98. The lowest BCUT2D eigenvalue weighted by Crippen LogP contribution is -2.54. The third-order valence-electron chi connectivity index (χ3n) is 3.90. The van der Waals surface area contributed by atoms with Crippen LogP contribution in [0, 0.1) is 0 Å². The molecule has 1 aromatic rings. The molecule has 0 aliphatic carbocycles. The maximum atomic E-state index is 12.7. The summed E-state index contributed by atoms with van der Waals surface area (Å²) in [5.41, 5.74) is 5.26. The van der Waals surface area contributed by atoms with E-state index >= 15 is 0 Å². The zero-order chi connectivity index (χ0) is 16.7. The van der Waals surface area contributed by atoms with Crippen LogP contribution in [0.4, 0.5) is 11.4 Å². The van der Waals surface area contributed by atoms with Gasteiger partial charge in [0.2, 0.25) is 11.8 Å². The molecule has 0 saturated carbocycles. The van der Waals surface area contributed by atoms with Gasteiger partial charge in [-0.2, -0.15) is 0 Å². The number of nitrogens with zero attached hydrogens (tertiary/aromatic N) is 1. The van der Waals surface area contributed by atoms with E-state index < -0.39 is 29.7 Å². The molecule has 1 atom stereocenters. The largest absolute Gasteiger partial charge is 0.323 e. The van der Waals surface area contributed by atoms with Gasteiger partial charge in [0.15, 0.2) is 0 Å². The summed E-state index contributed by atoms with van der Waals surface area (Å²) in [4.78, 5) is 49.4. The molecule has 23 heavy (non-hydrogen) atoms. The summed E-state index contributed by atoms with van der Waals surface area (Å²) in [6, 6.07) is 1.94. The van der Waals surface area contributed by atoms with Gasteiger partial charge >= 0.3 is 0 Å². The number of piperidine rings is 1. The highest BCUT2D eigenvalue weighted by atomic mass is 16.2. The standard InChI is InChI=1S/C13H14N6O4/c14-17-5-1-2-6(18-15)10-9(5)12(22)19(13(10)23)7-3-4-8(20)16-11(7)21/h1-2,7,17-18H,3-4,14-15H2,(H,16,20,21). The van der Waals surface area contributed by atoms with Gasteiger partial charge in [0, 0.05) is 6.42 Å². The van der Waals surface area contributed by atoms with E-state index in [9.17, 15) is 19.2 Å². The van der Waals surface area contributed by atoms with Gasteiger partial charge in [-0.3, -0.25) is 41.1 Å². The fourth-order valence-corrected chi connectivity index (χ4v) is 2.83. The van der Waals surface area contributed by atoms with Crippen LogP contribution in [0.5, 0.6) is 0 Å². The number of hydrazine groups is 2. The van der Waals surface area contributed by atoms with E-state index in [0.29, 0.717) is 0 Å². The Morgan fingerprint density at radius 2 is 1.52 bits per heavy atom. The van der Waals surface area contributed by atoms with Gasteiger partial charge < -0.3 is 10.9 Å². The van der Waals surface area contributed by atoms with Gasteiger partial charge in [0.1, 0.15) is 6.04 Å². The zero-order valence-corrected chi connectivity index (χ0v) is 11.9.